The molecule has 4 nitrogen and oxygen atoms in total. The second-order valence-corrected chi connectivity index (χ2v) is 7.11. The number of nitrogens with zero attached hydrogens (tertiary/aromatic N) is 3. The van der Waals surface area contributed by atoms with Gasteiger partial charge in [-0.05, 0) is 62.0 Å². The third kappa shape index (κ3) is 3.74. The molecule has 4 rings (SSSR count). The molecule has 0 unspecified atom stereocenters. The van der Waals surface area contributed by atoms with Crippen molar-refractivity contribution >= 4 is 11.6 Å². The quantitative estimate of drug-likeness (QED) is 0.812. The lowest BCUT2D eigenvalue weighted by Crippen LogP contribution is -2.39. The van der Waals surface area contributed by atoms with Crippen molar-refractivity contribution in [2.75, 3.05) is 31.1 Å². The van der Waals surface area contributed by atoms with Crippen LogP contribution in [0.15, 0.2) is 54.9 Å². The maximum absolute atomic E-state index is 13.2. The Kier molecular flexibility index (Phi) is 4.79. The maximum atomic E-state index is 13.2. The number of hydrogen-bond acceptors (Lipinski definition) is 3. The van der Waals surface area contributed by atoms with E-state index in [0.717, 1.165) is 25.2 Å². The maximum Gasteiger partial charge on any atom is 0.230 e. The van der Waals surface area contributed by atoms with Crippen molar-refractivity contribution in [3.63, 3.8) is 0 Å². The van der Waals surface area contributed by atoms with Gasteiger partial charge in [0.15, 0.2) is 0 Å². The molecule has 0 N–H and O–H groups in total. The average Bonchev–Trinajstić information content (AvgIpc) is 3.31. The van der Waals surface area contributed by atoms with Crippen LogP contribution >= 0.6 is 0 Å². The molecule has 0 bridgehead atoms. The number of pyridine rings is 1. The van der Waals surface area contributed by atoms with Crippen LogP contribution in [0.3, 0.4) is 0 Å². The van der Waals surface area contributed by atoms with Gasteiger partial charge < -0.3 is 9.80 Å². The molecule has 4 heteroatoms. The van der Waals surface area contributed by atoms with Gasteiger partial charge >= 0.3 is 0 Å². The number of carbonyl (C=O) groups excluding carboxylic acids is 1. The summed E-state index contributed by atoms with van der Waals surface area (Å²) in [5.41, 5.74) is 2.21. The Morgan fingerprint density at radius 2 is 1.92 bits per heavy atom. The number of hydrogen-bond donors (Lipinski definition) is 0. The first-order valence-electron chi connectivity index (χ1n) is 9.31. The predicted molar refractivity (Wildman–Crippen MR) is 99.6 cm³/mol. The van der Waals surface area contributed by atoms with Gasteiger partial charge in [0.1, 0.15) is 0 Å². The van der Waals surface area contributed by atoms with E-state index < -0.39 is 0 Å². The Labute approximate surface area is 149 Å². The third-order valence-corrected chi connectivity index (χ3v) is 5.39. The van der Waals surface area contributed by atoms with Crippen molar-refractivity contribution in [3.05, 3.63) is 60.4 Å². The van der Waals surface area contributed by atoms with Crippen molar-refractivity contribution in [2.24, 2.45) is 5.92 Å². The number of anilines is 1. The fraction of sp³-hybridized carbons (Fsp3) is 0.429. The van der Waals surface area contributed by atoms with Crippen LogP contribution in [0.5, 0.6) is 0 Å². The smallest absolute Gasteiger partial charge is 0.230 e. The first-order chi connectivity index (χ1) is 12.3. The van der Waals surface area contributed by atoms with Crippen LogP contribution in [-0.2, 0) is 4.79 Å². The molecule has 1 aromatic heterocycles. The third-order valence-electron chi connectivity index (χ3n) is 5.39. The molecule has 2 fully saturated rings. The molecule has 130 valence electrons. The number of aromatic nitrogens is 1. The Bertz CT molecular complexity index is 698. The van der Waals surface area contributed by atoms with Crippen LogP contribution < -0.4 is 4.90 Å². The number of rotatable bonds is 6. The number of para-hydroxylation sites is 1. The molecule has 1 amide bonds. The second kappa shape index (κ2) is 7.36. The summed E-state index contributed by atoms with van der Waals surface area (Å²) in [6, 6.07) is 14.2. The molecule has 1 saturated carbocycles. The summed E-state index contributed by atoms with van der Waals surface area (Å²) in [5, 5.41) is 0. The molecule has 1 aliphatic heterocycles. The highest BCUT2D eigenvalue weighted by molar-refractivity contribution is 5.97. The molecule has 1 aromatic carbocycles. The van der Waals surface area contributed by atoms with Crippen LogP contribution in [-0.4, -0.2) is 42.0 Å². The van der Waals surface area contributed by atoms with E-state index in [1.807, 2.05) is 47.5 Å². The standard InChI is InChI=1S/C21H25N3O/c25-21(20-15-19(20)17-7-6-10-22-16-17)24(18-8-2-1-3-9-18)14-13-23-11-4-5-12-23/h1-3,6-10,16,19-20H,4-5,11-15H2/t19-,20-/m0/s1. The van der Waals surface area contributed by atoms with E-state index in [1.165, 1.54) is 31.5 Å². The van der Waals surface area contributed by atoms with Crippen molar-refractivity contribution in [1.29, 1.82) is 0 Å². The zero-order chi connectivity index (χ0) is 17.1. The number of carbonyl (C=O) groups is 1. The molecule has 25 heavy (non-hydrogen) atoms. The molecular weight excluding hydrogens is 310 g/mol. The minimum absolute atomic E-state index is 0.1000. The minimum atomic E-state index is 0.1000. The monoisotopic (exact) mass is 335 g/mol. The van der Waals surface area contributed by atoms with Gasteiger partial charge in [0.05, 0.1) is 0 Å². The lowest BCUT2D eigenvalue weighted by Gasteiger charge is -2.26. The van der Waals surface area contributed by atoms with Gasteiger partial charge in [-0.15, -0.1) is 0 Å². The van der Waals surface area contributed by atoms with Gasteiger partial charge in [0.25, 0.3) is 0 Å². The first kappa shape index (κ1) is 16.3. The molecule has 0 radical (unpaired) electrons. The molecular formula is C21H25N3O. The van der Waals surface area contributed by atoms with Crippen LogP contribution in [0.1, 0.15) is 30.7 Å². The lowest BCUT2D eigenvalue weighted by molar-refractivity contribution is -0.119. The van der Waals surface area contributed by atoms with Crippen LogP contribution in [0, 0.1) is 5.92 Å². The summed E-state index contributed by atoms with van der Waals surface area (Å²) in [6.45, 7) is 4.07. The number of benzene rings is 1. The molecule has 2 heterocycles. The van der Waals surface area contributed by atoms with Crippen LogP contribution in [0.2, 0.25) is 0 Å². The Morgan fingerprint density at radius 1 is 1.12 bits per heavy atom. The molecule has 1 saturated heterocycles. The summed E-state index contributed by atoms with van der Waals surface area (Å²) in [5.74, 6) is 0.696. The minimum Gasteiger partial charge on any atom is -0.311 e. The molecule has 2 aliphatic rings. The summed E-state index contributed by atoms with van der Waals surface area (Å²) < 4.78 is 0. The van der Waals surface area contributed by atoms with E-state index in [1.54, 1.807) is 6.20 Å². The predicted octanol–water partition coefficient (Wildman–Crippen LogP) is 3.31. The van der Waals surface area contributed by atoms with Gasteiger partial charge in [0, 0.05) is 37.1 Å². The Morgan fingerprint density at radius 3 is 2.64 bits per heavy atom. The highest BCUT2D eigenvalue weighted by Crippen LogP contribution is 2.48. The molecule has 0 spiro atoms. The van der Waals surface area contributed by atoms with Crippen molar-refractivity contribution in [3.8, 4) is 0 Å². The van der Waals surface area contributed by atoms with Crippen LogP contribution in [0.25, 0.3) is 0 Å². The van der Waals surface area contributed by atoms with Crippen molar-refractivity contribution < 1.29 is 4.79 Å². The Balaban J connectivity index is 1.46. The summed E-state index contributed by atoms with van der Waals surface area (Å²) in [4.78, 5) is 21.8. The molecule has 2 atom stereocenters. The van der Waals surface area contributed by atoms with Crippen molar-refractivity contribution in [1.82, 2.24) is 9.88 Å². The molecule has 2 aromatic rings. The van der Waals surface area contributed by atoms with Gasteiger partial charge in [-0.1, -0.05) is 24.3 Å². The fourth-order valence-electron chi connectivity index (χ4n) is 3.85. The van der Waals surface area contributed by atoms with E-state index in [4.69, 9.17) is 0 Å². The summed E-state index contributed by atoms with van der Waals surface area (Å²) in [7, 11) is 0. The normalized spacial score (nSPS) is 22.7. The summed E-state index contributed by atoms with van der Waals surface area (Å²) in [6.07, 6.45) is 7.19. The van der Waals surface area contributed by atoms with Gasteiger partial charge in [-0.3, -0.25) is 9.78 Å². The Hall–Kier alpha value is -2.20. The van der Waals surface area contributed by atoms with Gasteiger partial charge in [0.2, 0.25) is 5.91 Å². The largest absolute Gasteiger partial charge is 0.311 e. The summed E-state index contributed by atoms with van der Waals surface area (Å²) >= 11 is 0. The average molecular weight is 335 g/mol. The fourth-order valence-corrected chi connectivity index (χ4v) is 3.85. The van der Waals surface area contributed by atoms with E-state index in [-0.39, 0.29) is 11.8 Å². The van der Waals surface area contributed by atoms with Gasteiger partial charge in [-0.25, -0.2) is 0 Å². The number of amides is 1. The number of likely N-dealkylation sites (tertiary alicyclic amines) is 1. The molecule has 1 aliphatic carbocycles. The first-order valence-corrected chi connectivity index (χ1v) is 9.31. The van der Waals surface area contributed by atoms with E-state index in [9.17, 15) is 4.79 Å². The van der Waals surface area contributed by atoms with Crippen LogP contribution in [0.4, 0.5) is 5.69 Å². The van der Waals surface area contributed by atoms with Gasteiger partial charge in [-0.2, -0.15) is 0 Å². The van der Waals surface area contributed by atoms with E-state index in [0.29, 0.717) is 5.92 Å². The second-order valence-electron chi connectivity index (χ2n) is 7.11. The van der Waals surface area contributed by atoms with E-state index in [2.05, 4.69) is 16.0 Å². The highest BCUT2D eigenvalue weighted by atomic mass is 16.2. The SMILES string of the molecule is O=C([C@H]1C[C@H]1c1cccnc1)N(CCN1CCCC1)c1ccccc1. The zero-order valence-electron chi connectivity index (χ0n) is 14.6. The lowest BCUT2D eigenvalue weighted by atomic mass is 10.1. The van der Waals surface area contributed by atoms with E-state index >= 15 is 0 Å². The highest BCUT2D eigenvalue weighted by Gasteiger charge is 2.46. The zero-order valence-corrected chi connectivity index (χ0v) is 14.6. The van der Waals surface area contributed by atoms with Crippen molar-refractivity contribution in [2.45, 2.75) is 25.2 Å². The topological polar surface area (TPSA) is 36.4 Å².